The lowest BCUT2D eigenvalue weighted by atomic mass is 10.2. The molecule has 0 spiro atoms. The lowest BCUT2D eigenvalue weighted by Gasteiger charge is -2.23. The average Bonchev–Trinajstić information content (AvgIpc) is 3.34. The van der Waals surface area contributed by atoms with Gasteiger partial charge in [-0.15, -0.1) is 0 Å². The average molecular weight is 497 g/mol. The number of non-ortho nitro benzene ring substituents is 1. The van der Waals surface area contributed by atoms with Gasteiger partial charge < -0.3 is 20.7 Å². The molecule has 11 nitrogen and oxygen atoms in total. The van der Waals surface area contributed by atoms with Gasteiger partial charge >= 0.3 is 0 Å². The normalized spacial score (nSPS) is 15.5. The van der Waals surface area contributed by atoms with Crippen molar-refractivity contribution in [3.63, 3.8) is 0 Å². The largest absolute Gasteiger partial charge is 0.494 e. The van der Waals surface area contributed by atoms with Crippen molar-refractivity contribution in [2.45, 2.75) is 32.4 Å². The summed E-state index contributed by atoms with van der Waals surface area (Å²) in [6, 6.07) is 11.1. The maximum absolute atomic E-state index is 14.2. The first-order valence-electron chi connectivity index (χ1n) is 11.8. The number of nitro benzene ring substituents is 1. The Kier molecular flexibility index (Phi) is 8.06. The Hall–Kier alpha value is -4.06. The smallest absolute Gasteiger partial charge is 0.269 e. The summed E-state index contributed by atoms with van der Waals surface area (Å²) in [5, 5.41) is 20.4. The highest BCUT2D eigenvalue weighted by Crippen LogP contribution is 2.24. The molecule has 3 aromatic rings. The summed E-state index contributed by atoms with van der Waals surface area (Å²) >= 11 is 0. The number of likely N-dealkylation sites (N-methyl/N-ethyl adjacent to an activating group) is 1. The van der Waals surface area contributed by atoms with Crippen LogP contribution in [0.25, 0.3) is 0 Å². The maximum Gasteiger partial charge on any atom is 0.269 e. The minimum absolute atomic E-state index is 0.0247. The molecule has 0 saturated carbocycles. The fourth-order valence-electron chi connectivity index (χ4n) is 4.13. The van der Waals surface area contributed by atoms with Gasteiger partial charge in [0, 0.05) is 43.0 Å². The third-order valence-corrected chi connectivity index (χ3v) is 6.04. The summed E-state index contributed by atoms with van der Waals surface area (Å²) in [5.74, 6) is 0.562. The molecule has 0 amide bonds. The quantitative estimate of drug-likeness (QED) is 0.262. The summed E-state index contributed by atoms with van der Waals surface area (Å²) in [5.41, 5.74) is 1.31. The number of benzene rings is 2. The molecule has 1 fully saturated rings. The molecule has 1 aliphatic rings. The van der Waals surface area contributed by atoms with Crippen LogP contribution >= 0.6 is 0 Å². The Morgan fingerprint density at radius 1 is 1.11 bits per heavy atom. The van der Waals surface area contributed by atoms with E-state index in [1.807, 2.05) is 0 Å². The topological polar surface area (TPSA) is 130 Å². The standard InChI is InChI=1S/C24H29FN8O3/c1-3-32-12-4-5-19(32)15-27-23-29-22(26-14-16-6-9-18(10-7-16)33(34)35)30-24(31-23)28-17-8-11-21(36-2)20(25)13-17/h6-11,13,19H,3-5,12,14-15H2,1-2H3,(H3,26,27,28,29,30,31). The van der Waals surface area contributed by atoms with Crippen LogP contribution in [0.5, 0.6) is 5.75 Å². The van der Waals surface area contributed by atoms with Gasteiger partial charge in [0.25, 0.3) is 5.69 Å². The van der Waals surface area contributed by atoms with Crippen molar-refractivity contribution in [3.05, 3.63) is 64.0 Å². The number of aromatic nitrogens is 3. The van der Waals surface area contributed by atoms with E-state index in [0.29, 0.717) is 36.7 Å². The van der Waals surface area contributed by atoms with Crippen LogP contribution in [0.15, 0.2) is 42.5 Å². The van der Waals surface area contributed by atoms with Gasteiger partial charge in [-0.25, -0.2) is 4.39 Å². The van der Waals surface area contributed by atoms with Crippen LogP contribution < -0.4 is 20.7 Å². The molecule has 0 aliphatic carbocycles. The second-order valence-electron chi connectivity index (χ2n) is 8.36. The molecule has 1 saturated heterocycles. The van der Waals surface area contributed by atoms with Crippen molar-refractivity contribution in [3.8, 4) is 5.75 Å². The minimum atomic E-state index is -0.507. The van der Waals surface area contributed by atoms with Crippen LogP contribution in [-0.4, -0.2) is 57.6 Å². The second kappa shape index (κ2) is 11.6. The van der Waals surface area contributed by atoms with E-state index < -0.39 is 10.7 Å². The molecule has 190 valence electrons. The number of hydrogen-bond acceptors (Lipinski definition) is 10. The summed E-state index contributed by atoms with van der Waals surface area (Å²) in [6.45, 7) is 5.26. The molecule has 1 aromatic heterocycles. The number of anilines is 4. The number of nitrogens with zero attached hydrogens (tertiary/aromatic N) is 5. The Morgan fingerprint density at radius 2 is 1.83 bits per heavy atom. The van der Waals surface area contributed by atoms with Gasteiger partial charge in [-0.2, -0.15) is 15.0 Å². The monoisotopic (exact) mass is 496 g/mol. The fourth-order valence-corrected chi connectivity index (χ4v) is 4.13. The zero-order chi connectivity index (χ0) is 25.5. The van der Waals surface area contributed by atoms with Crippen molar-refractivity contribution < 1.29 is 14.1 Å². The van der Waals surface area contributed by atoms with E-state index in [-0.39, 0.29) is 17.4 Å². The lowest BCUT2D eigenvalue weighted by Crippen LogP contribution is -2.35. The predicted octanol–water partition coefficient (Wildman–Crippen LogP) is 4.18. The molecule has 1 unspecified atom stereocenters. The number of ether oxygens (including phenoxy) is 1. The number of hydrogen-bond donors (Lipinski definition) is 3. The number of halogens is 1. The van der Waals surface area contributed by atoms with Gasteiger partial charge in [0.15, 0.2) is 11.6 Å². The number of likely N-dealkylation sites (tertiary alicyclic amines) is 1. The van der Waals surface area contributed by atoms with E-state index in [4.69, 9.17) is 4.74 Å². The van der Waals surface area contributed by atoms with E-state index in [1.165, 1.54) is 31.4 Å². The predicted molar refractivity (Wildman–Crippen MR) is 135 cm³/mol. The van der Waals surface area contributed by atoms with Gasteiger partial charge in [0.1, 0.15) is 0 Å². The van der Waals surface area contributed by atoms with Crippen LogP contribution in [0.2, 0.25) is 0 Å². The number of methoxy groups -OCH3 is 1. The molecule has 3 N–H and O–H groups in total. The fraction of sp³-hybridized carbons (Fsp3) is 0.375. The SMILES string of the molecule is CCN1CCCC1CNc1nc(NCc2ccc([N+](=O)[O-])cc2)nc(Nc2ccc(OC)c(F)c2)n1. The van der Waals surface area contributed by atoms with Gasteiger partial charge in [-0.05, 0) is 43.6 Å². The molecular formula is C24H29FN8O3. The van der Waals surface area contributed by atoms with Gasteiger partial charge in [0.2, 0.25) is 17.8 Å². The third-order valence-electron chi connectivity index (χ3n) is 6.04. The van der Waals surface area contributed by atoms with Crippen molar-refractivity contribution >= 4 is 29.2 Å². The number of rotatable bonds is 11. The maximum atomic E-state index is 14.2. The Labute approximate surface area is 208 Å². The Balaban J connectivity index is 1.51. The third kappa shape index (κ3) is 6.33. The number of nitrogens with one attached hydrogen (secondary N) is 3. The second-order valence-corrected chi connectivity index (χ2v) is 8.36. The molecule has 1 aliphatic heterocycles. The molecule has 2 heterocycles. The highest BCUT2D eigenvalue weighted by atomic mass is 19.1. The summed E-state index contributed by atoms with van der Waals surface area (Å²) in [4.78, 5) is 26.2. The molecule has 2 aromatic carbocycles. The van der Waals surface area contributed by atoms with Crippen molar-refractivity contribution in [2.75, 3.05) is 42.7 Å². The molecular weight excluding hydrogens is 467 g/mol. The van der Waals surface area contributed by atoms with Crippen LogP contribution in [0.1, 0.15) is 25.3 Å². The van der Waals surface area contributed by atoms with Crippen molar-refractivity contribution in [2.24, 2.45) is 0 Å². The van der Waals surface area contributed by atoms with Gasteiger partial charge in [0.05, 0.1) is 12.0 Å². The van der Waals surface area contributed by atoms with E-state index in [0.717, 1.165) is 31.5 Å². The molecule has 4 rings (SSSR count). The Bertz CT molecular complexity index is 1190. The van der Waals surface area contributed by atoms with Crippen molar-refractivity contribution in [1.82, 2.24) is 19.9 Å². The van der Waals surface area contributed by atoms with Crippen molar-refractivity contribution in [1.29, 1.82) is 0 Å². The van der Waals surface area contributed by atoms with Gasteiger partial charge in [-0.3, -0.25) is 15.0 Å². The van der Waals surface area contributed by atoms with E-state index in [1.54, 1.807) is 18.2 Å². The summed E-state index contributed by atoms with van der Waals surface area (Å²) in [7, 11) is 1.41. The highest BCUT2D eigenvalue weighted by molar-refractivity contribution is 5.57. The molecule has 0 bridgehead atoms. The first kappa shape index (κ1) is 25.0. The van der Waals surface area contributed by atoms with Crippen LogP contribution in [-0.2, 0) is 6.54 Å². The first-order chi connectivity index (χ1) is 17.4. The number of nitro groups is 1. The van der Waals surface area contributed by atoms with Crippen LogP contribution in [0, 0.1) is 15.9 Å². The van der Waals surface area contributed by atoms with Crippen LogP contribution in [0.4, 0.5) is 33.6 Å². The molecule has 0 radical (unpaired) electrons. The summed E-state index contributed by atoms with van der Waals surface area (Å²) in [6.07, 6.45) is 2.27. The van der Waals surface area contributed by atoms with Gasteiger partial charge in [-0.1, -0.05) is 19.1 Å². The molecule has 1 atom stereocenters. The highest BCUT2D eigenvalue weighted by Gasteiger charge is 2.23. The minimum Gasteiger partial charge on any atom is -0.494 e. The van der Waals surface area contributed by atoms with E-state index >= 15 is 0 Å². The first-order valence-corrected chi connectivity index (χ1v) is 11.8. The van der Waals surface area contributed by atoms with Crippen LogP contribution in [0.3, 0.4) is 0 Å². The molecule has 36 heavy (non-hydrogen) atoms. The lowest BCUT2D eigenvalue weighted by molar-refractivity contribution is -0.384. The van der Waals surface area contributed by atoms with E-state index in [2.05, 4.69) is 42.7 Å². The molecule has 12 heteroatoms. The van der Waals surface area contributed by atoms with E-state index in [9.17, 15) is 14.5 Å². The summed E-state index contributed by atoms with van der Waals surface area (Å²) < 4.78 is 19.1. The zero-order valence-electron chi connectivity index (χ0n) is 20.2. The zero-order valence-corrected chi connectivity index (χ0v) is 20.2. The Morgan fingerprint density at radius 3 is 2.50 bits per heavy atom.